The Balaban J connectivity index is 2.43. The minimum atomic E-state index is -0.631. The molecule has 160 valence electrons. The lowest BCUT2D eigenvalue weighted by Crippen LogP contribution is -2.46. The highest BCUT2D eigenvalue weighted by Gasteiger charge is 2.34. The van der Waals surface area contributed by atoms with E-state index in [0.717, 1.165) is 18.4 Å². The Morgan fingerprint density at radius 2 is 1.90 bits per heavy atom. The summed E-state index contributed by atoms with van der Waals surface area (Å²) < 4.78 is 17.0. The third-order valence-corrected chi connectivity index (χ3v) is 4.43. The number of carbonyl (C=O) groups is 2. The summed E-state index contributed by atoms with van der Waals surface area (Å²) in [7, 11) is 0. The van der Waals surface area contributed by atoms with Crippen molar-refractivity contribution in [3.05, 3.63) is 35.0 Å². The Bertz CT molecular complexity index is 758. The Morgan fingerprint density at radius 1 is 1.14 bits per heavy atom. The van der Waals surface area contributed by atoms with Crippen LogP contribution in [0.5, 0.6) is 11.5 Å². The lowest BCUT2D eigenvalue weighted by atomic mass is 9.94. The molecule has 2 rings (SSSR count). The molecule has 0 aliphatic carbocycles. The molecular weight excluding hydrogens is 372 g/mol. The summed E-state index contributed by atoms with van der Waals surface area (Å²) >= 11 is 0. The molecule has 1 aliphatic heterocycles. The van der Waals surface area contributed by atoms with Crippen molar-refractivity contribution in [1.82, 2.24) is 10.6 Å². The molecule has 0 radical (unpaired) electrons. The number of nitrogens with one attached hydrogen (secondary N) is 2. The molecule has 2 amide bonds. The van der Waals surface area contributed by atoms with Gasteiger partial charge >= 0.3 is 12.0 Å². The van der Waals surface area contributed by atoms with Gasteiger partial charge in [-0.05, 0) is 51.3 Å². The minimum absolute atomic E-state index is 0.264. The molecule has 0 aromatic heterocycles. The topological polar surface area (TPSA) is 85.9 Å². The average molecular weight is 405 g/mol. The van der Waals surface area contributed by atoms with E-state index < -0.39 is 12.0 Å². The van der Waals surface area contributed by atoms with E-state index in [4.69, 9.17) is 14.2 Å². The number of ether oxygens (including phenoxy) is 3. The van der Waals surface area contributed by atoms with Gasteiger partial charge in [-0.1, -0.05) is 26.3 Å². The number of benzene rings is 1. The predicted molar refractivity (Wildman–Crippen MR) is 111 cm³/mol. The van der Waals surface area contributed by atoms with Crippen LogP contribution in [0.15, 0.2) is 29.5 Å². The number of allylic oxidation sites excluding steroid dienone is 1. The molecular formula is C22H32N2O5. The van der Waals surface area contributed by atoms with Gasteiger partial charge in [-0.3, -0.25) is 0 Å². The number of hydrogen-bond donors (Lipinski definition) is 2. The van der Waals surface area contributed by atoms with E-state index >= 15 is 0 Å². The first kappa shape index (κ1) is 22.6. The molecule has 1 aromatic carbocycles. The fourth-order valence-electron chi connectivity index (χ4n) is 3.08. The first-order valence-electron chi connectivity index (χ1n) is 10.3. The maximum atomic E-state index is 12.8. The second-order valence-electron chi connectivity index (χ2n) is 7.07. The van der Waals surface area contributed by atoms with Crippen LogP contribution in [0.2, 0.25) is 0 Å². The Morgan fingerprint density at radius 3 is 2.52 bits per heavy atom. The number of urea groups is 1. The first-order valence-corrected chi connectivity index (χ1v) is 10.3. The molecule has 0 fully saturated rings. The molecule has 1 heterocycles. The van der Waals surface area contributed by atoms with Gasteiger partial charge in [0.2, 0.25) is 0 Å². The second-order valence-corrected chi connectivity index (χ2v) is 7.07. The third-order valence-electron chi connectivity index (χ3n) is 4.43. The number of carbonyl (C=O) groups excluding carboxylic acids is 2. The van der Waals surface area contributed by atoms with Crippen LogP contribution in [-0.2, 0) is 9.53 Å². The zero-order valence-electron chi connectivity index (χ0n) is 18.0. The van der Waals surface area contributed by atoms with Crippen LogP contribution in [0.4, 0.5) is 4.79 Å². The fourth-order valence-corrected chi connectivity index (χ4v) is 3.08. The Hall–Kier alpha value is -2.70. The van der Waals surface area contributed by atoms with Crippen LogP contribution in [0, 0.1) is 0 Å². The van der Waals surface area contributed by atoms with Crippen LogP contribution in [0.25, 0.3) is 0 Å². The predicted octanol–water partition coefficient (Wildman–Crippen LogP) is 4.23. The van der Waals surface area contributed by atoms with Crippen molar-refractivity contribution in [3.8, 4) is 11.5 Å². The highest BCUT2D eigenvalue weighted by molar-refractivity contribution is 5.95. The van der Waals surface area contributed by atoms with Crippen molar-refractivity contribution in [2.24, 2.45) is 0 Å². The molecule has 0 spiro atoms. The van der Waals surface area contributed by atoms with E-state index in [-0.39, 0.29) is 12.1 Å². The Labute approximate surface area is 172 Å². The van der Waals surface area contributed by atoms with Gasteiger partial charge in [0.05, 0.1) is 30.9 Å². The van der Waals surface area contributed by atoms with E-state index in [1.54, 1.807) is 13.8 Å². The van der Waals surface area contributed by atoms with Crippen molar-refractivity contribution in [2.45, 2.75) is 66.0 Å². The summed E-state index contributed by atoms with van der Waals surface area (Å²) in [6.45, 7) is 10.6. The van der Waals surface area contributed by atoms with Crippen molar-refractivity contribution >= 4 is 12.0 Å². The first-order chi connectivity index (χ1) is 13.9. The largest absolute Gasteiger partial charge is 0.490 e. The molecule has 1 aliphatic rings. The van der Waals surface area contributed by atoms with Gasteiger partial charge in [-0.15, -0.1) is 0 Å². The van der Waals surface area contributed by atoms with Gasteiger partial charge in [0.1, 0.15) is 0 Å². The van der Waals surface area contributed by atoms with Crippen LogP contribution in [0.1, 0.15) is 65.5 Å². The standard InChI is InChI=1S/C22H32N2O5/c1-6-9-12-28-17-11-10-15(13-18(17)27-8-3)20-19(21(25)29-14(4)5)16(7-2)23-22(26)24-20/h10-11,13-14,20H,6-9,12H2,1-5H3,(H2,23,24,26). The van der Waals surface area contributed by atoms with Crippen LogP contribution in [-0.4, -0.2) is 31.3 Å². The summed E-state index contributed by atoms with van der Waals surface area (Å²) in [6.07, 6.45) is 2.23. The molecule has 1 atom stereocenters. The highest BCUT2D eigenvalue weighted by atomic mass is 16.5. The summed E-state index contributed by atoms with van der Waals surface area (Å²) in [5.41, 5.74) is 1.70. The fraction of sp³-hybridized carbons (Fsp3) is 0.545. The van der Waals surface area contributed by atoms with E-state index in [1.165, 1.54) is 0 Å². The monoisotopic (exact) mass is 404 g/mol. The molecule has 29 heavy (non-hydrogen) atoms. The lowest BCUT2D eigenvalue weighted by Gasteiger charge is -2.30. The molecule has 7 heteroatoms. The maximum absolute atomic E-state index is 12.8. The highest BCUT2D eigenvalue weighted by Crippen LogP contribution is 2.35. The molecule has 7 nitrogen and oxygen atoms in total. The molecule has 1 aromatic rings. The van der Waals surface area contributed by atoms with Crippen LogP contribution in [0.3, 0.4) is 0 Å². The van der Waals surface area contributed by atoms with Gasteiger partial charge in [0.15, 0.2) is 11.5 Å². The summed E-state index contributed by atoms with van der Waals surface area (Å²) in [6, 6.07) is 4.50. The number of amides is 2. The number of esters is 1. The SMILES string of the molecule is CCCCOc1ccc(C2NC(=O)NC(CC)=C2C(=O)OC(C)C)cc1OCC. The third kappa shape index (κ3) is 5.89. The van der Waals surface area contributed by atoms with Gasteiger partial charge < -0.3 is 24.8 Å². The molecule has 2 N–H and O–H groups in total. The van der Waals surface area contributed by atoms with Gasteiger partial charge in [0.25, 0.3) is 0 Å². The lowest BCUT2D eigenvalue weighted by molar-refractivity contribution is -0.143. The van der Waals surface area contributed by atoms with Gasteiger partial charge in [-0.2, -0.15) is 0 Å². The zero-order valence-corrected chi connectivity index (χ0v) is 18.0. The maximum Gasteiger partial charge on any atom is 0.338 e. The van der Waals surface area contributed by atoms with Crippen LogP contribution >= 0.6 is 0 Å². The zero-order chi connectivity index (χ0) is 21.4. The van der Waals surface area contributed by atoms with Gasteiger partial charge in [-0.25, -0.2) is 9.59 Å². The van der Waals surface area contributed by atoms with Gasteiger partial charge in [0, 0.05) is 5.70 Å². The summed E-state index contributed by atoms with van der Waals surface area (Å²) in [4.78, 5) is 25.0. The second kappa shape index (κ2) is 10.7. The molecule has 0 saturated heterocycles. The van der Waals surface area contributed by atoms with E-state index in [9.17, 15) is 9.59 Å². The quantitative estimate of drug-likeness (QED) is 0.450. The Kier molecular flexibility index (Phi) is 8.36. The average Bonchev–Trinajstić information content (AvgIpc) is 2.68. The summed E-state index contributed by atoms with van der Waals surface area (Å²) in [5, 5.41) is 5.57. The molecule has 0 bridgehead atoms. The minimum Gasteiger partial charge on any atom is -0.490 e. The smallest absolute Gasteiger partial charge is 0.338 e. The van der Waals surface area contributed by atoms with Crippen molar-refractivity contribution in [2.75, 3.05) is 13.2 Å². The number of rotatable bonds is 10. The molecule has 1 unspecified atom stereocenters. The van der Waals surface area contributed by atoms with E-state index in [0.29, 0.717) is 42.4 Å². The number of unbranched alkanes of at least 4 members (excludes halogenated alkanes) is 1. The van der Waals surface area contributed by atoms with E-state index in [2.05, 4.69) is 17.6 Å². The normalized spacial score (nSPS) is 16.3. The van der Waals surface area contributed by atoms with E-state index in [1.807, 2.05) is 32.0 Å². The van der Waals surface area contributed by atoms with Crippen LogP contribution < -0.4 is 20.1 Å². The number of hydrogen-bond acceptors (Lipinski definition) is 5. The summed E-state index contributed by atoms with van der Waals surface area (Å²) in [5.74, 6) is 0.786. The van der Waals surface area contributed by atoms with Crippen molar-refractivity contribution in [3.63, 3.8) is 0 Å². The van der Waals surface area contributed by atoms with Crippen molar-refractivity contribution in [1.29, 1.82) is 0 Å². The molecule has 0 saturated carbocycles. The van der Waals surface area contributed by atoms with Crippen molar-refractivity contribution < 1.29 is 23.8 Å².